The molecule has 182 valence electrons. The molecule has 0 bridgehead atoms. The maximum Gasteiger partial charge on any atom is 0.310 e. The van der Waals surface area contributed by atoms with Crippen LogP contribution in [-0.4, -0.2) is 40.7 Å². The van der Waals surface area contributed by atoms with Crippen LogP contribution in [0.25, 0.3) is 0 Å². The van der Waals surface area contributed by atoms with E-state index >= 15 is 0 Å². The maximum atomic E-state index is 12.8. The number of methoxy groups -OCH3 is 3. The lowest BCUT2D eigenvalue weighted by atomic mass is 9.73. The summed E-state index contributed by atoms with van der Waals surface area (Å²) in [5.74, 6) is 1.81. The van der Waals surface area contributed by atoms with Gasteiger partial charge in [0.05, 0.1) is 33.9 Å². The number of carbonyl (C=O) groups excluding carboxylic acids is 1. The Kier molecular flexibility index (Phi) is 9.26. The summed E-state index contributed by atoms with van der Waals surface area (Å²) in [6.07, 6.45) is 1.90. The van der Waals surface area contributed by atoms with E-state index < -0.39 is 5.92 Å². The first-order chi connectivity index (χ1) is 15.8. The third-order valence-electron chi connectivity index (χ3n) is 5.73. The smallest absolute Gasteiger partial charge is 0.310 e. The highest BCUT2D eigenvalue weighted by atomic mass is 16.7. The SMILES string of the molecule is C=C(C)/C(=C\C1=C(C)OCO1)[C@@H](c1cc(OC)c(OC)c(OC)c1)[C@H]1C(=O)OC[C@@H]1C.CC. The molecule has 2 heterocycles. The normalized spacial score (nSPS) is 20.7. The van der Waals surface area contributed by atoms with Crippen molar-refractivity contribution in [1.82, 2.24) is 0 Å². The summed E-state index contributed by atoms with van der Waals surface area (Å²) in [7, 11) is 4.69. The van der Waals surface area contributed by atoms with Crippen molar-refractivity contribution < 1.29 is 33.2 Å². The van der Waals surface area contributed by atoms with Crippen LogP contribution in [0.3, 0.4) is 0 Å². The molecule has 3 rings (SSSR count). The number of rotatable bonds is 8. The standard InChI is InChI=1S/C24H30O7.C2H6/c1-13(2)17(10-18-15(4)30-12-31-18)22(21-14(3)11-29-24(21)25)16-8-19(26-5)23(28-7)20(9-16)27-6;1-2/h8-10,14,21-22H,1,11-12H2,2-7H3;1-2H3/b17-10+;/t14-,21-,22+;/m0./s1. The molecule has 2 aliphatic heterocycles. The number of ether oxygens (including phenoxy) is 6. The molecule has 7 heteroatoms. The zero-order chi connectivity index (χ0) is 24.7. The van der Waals surface area contributed by atoms with Crippen LogP contribution >= 0.6 is 0 Å². The summed E-state index contributed by atoms with van der Waals surface area (Å²) >= 11 is 0. The van der Waals surface area contributed by atoms with Crippen LogP contribution in [0.2, 0.25) is 0 Å². The van der Waals surface area contributed by atoms with Gasteiger partial charge in [-0.3, -0.25) is 4.79 Å². The van der Waals surface area contributed by atoms with Gasteiger partial charge >= 0.3 is 5.97 Å². The Hall–Kier alpha value is -3.09. The van der Waals surface area contributed by atoms with Crippen LogP contribution in [0.1, 0.15) is 46.1 Å². The molecule has 0 saturated carbocycles. The first-order valence-electron chi connectivity index (χ1n) is 11.1. The molecule has 2 aliphatic rings. The predicted octanol–water partition coefficient (Wildman–Crippen LogP) is 5.37. The van der Waals surface area contributed by atoms with Gasteiger partial charge < -0.3 is 28.4 Å². The minimum absolute atomic E-state index is 0.00941. The Morgan fingerprint density at radius 3 is 2.09 bits per heavy atom. The van der Waals surface area contributed by atoms with E-state index in [2.05, 4.69) is 6.58 Å². The molecule has 0 N–H and O–H groups in total. The van der Waals surface area contributed by atoms with Gasteiger partial charge in [0.15, 0.2) is 17.3 Å². The van der Waals surface area contributed by atoms with Gasteiger partial charge in [0.1, 0.15) is 5.76 Å². The number of hydrogen-bond acceptors (Lipinski definition) is 7. The topological polar surface area (TPSA) is 72.5 Å². The number of cyclic esters (lactones) is 1. The van der Waals surface area contributed by atoms with Gasteiger partial charge in [-0.1, -0.05) is 32.9 Å². The molecule has 7 nitrogen and oxygen atoms in total. The fraction of sp³-hybridized carbons (Fsp3) is 0.500. The molecular formula is C26H36O7. The van der Waals surface area contributed by atoms with Crippen molar-refractivity contribution in [3.8, 4) is 17.2 Å². The molecule has 0 aliphatic carbocycles. The van der Waals surface area contributed by atoms with Gasteiger partial charge in [0.2, 0.25) is 12.5 Å². The highest BCUT2D eigenvalue weighted by Gasteiger charge is 2.43. The van der Waals surface area contributed by atoms with Gasteiger partial charge in [-0.2, -0.15) is 0 Å². The van der Waals surface area contributed by atoms with Gasteiger partial charge in [-0.05, 0) is 43.2 Å². The second-order valence-corrected chi connectivity index (χ2v) is 7.78. The fourth-order valence-corrected chi connectivity index (χ4v) is 4.09. The Morgan fingerprint density at radius 1 is 1.09 bits per heavy atom. The third-order valence-corrected chi connectivity index (χ3v) is 5.73. The number of hydrogen-bond donors (Lipinski definition) is 0. The number of esters is 1. The molecule has 33 heavy (non-hydrogen) atoms. The van der Waals surface area contributed by atoms with Crippen molar-refractivity contribution in [1.29, 1.82) is 0 Å². The van der Waals surface area contributed by atoms with E-state index in [0.717, 1.165) is 16.7 Å². The van der Waals surface area contributed by atoms with E-state index in [1.54, 1.807) is 21.3 Å². The average Bonchev–Trinajstić information content (AvgIpc) is 3.38. The van der Waals surface area contributed by atoms with Crippen LogP contribution < -0.4 is 14.2 Å². The zero-order valence-corrected chi connectivity index (χ0v) is 20.9. The largest absolute Gasteiger partial charge is 0.493 e. The van der Waals surface area contributed by atoms with Gasteiger partial charge in [0, 0.05) is 11.8 Å². The van der Waals surface area contributed by atoms with Crippen LogP contribution in [0.4, 0.5) is 0 Å². The summed E-state index contributed by atoms with van der Waals surface area (Å²) in [5, 5.41) is 0. The average molecular weight is 461 g/mol. The Bertz CT molecular complexity index is 904. The van der Waals surface area contributed by atoms with Crippen molar-refractivity contribution in [2.24, 2.45) is 11.8 Å². The number of carbonyl (C=O) groups is 1. The van der Waals surface area contributed by atoms with E-state index in [-0.39, 0.29) is 24.6 Å². The summed E-state index contributed by atoms with van der Waals surface area (Å²) in [6.45, 7) is 14.5. The highest BCUT2D eigenvalue weighted by Crippen LogP contribution is 2.47. The Morgan fingerprint density at radius 2 is 1.70 bits per heavy atom. The zero-order valence-electron chi connectivity index (χ0n) is 20.9. The molecule has 3 atom stereocenters. The fourth-order valence-electron chi connectivity index (χ4n) is 4.09. The van der Waals surface area contributed by atoms with Crippen molar-refractivity contribution in [2.45, 2.75) is 40.5 Å². The van der Waals surface area contributed by atoms with E-state index in [1.165, 1.54) is 0 Å². The molecule has 1 saturated heterocycles. The summed E-state index contributed by atoms with van der Waals surface area (Å²) < 4.78 is 33.1. The van der Waals surface area contributed by atoms with Gasteiger partial charge in [-0.25, -0.2) is 0 Å². The van der Waals surface area contributed by atoms with E-state index in [4.69, 9.17) is 28.4 Å². The van der Waals surface area contributed by atoms with E-state index in [1.807, 2.05) is 52.8 Å². The lowest BCUT2D eigenvalue weighted by molar-refractivity contribution is -0.141. The number of benzene rings is 1. The lowest BCUT2D eigenvalue weighted by Crippen LogP contribution is -2.25. The van der Waals surface area contributed by atoms with Crippen LogP contribution in [0, 0.1) is 11.8 Å². The maximum absolute atomic E-state index is 12.8. The molecule has 1 aromatic carbocycles. The van der Waals surface area contributed by atoms with Gasteiger partial charge in [0.25, 0.3) is 0 Å². The second-order valence-electron chi connectivity index (χ2n) is 7.78. The van der Waals surface area contributed by atoms with Crippen LogP contribution in [0.5, 0.6) is 17.2 Å². The summed E-state index contributed by atoms with van der Waals surface area (Å²) in [6, 6.07) is 3.74. The van der Waals surface area contributed by atoms with Crippen molar-refractivity contribution in [3.05, 3.63) is 53.0 Å². The lowest BCUT2D eigenvalue weighted by Gasteiger charge is -2.28. The molecule has 0 unspecified atom stereocenters. The quantitative estimate of drug-likeness (QED) is 0.381. The molecule has 0 aromatic heterocycles. The molecular weight excluding hydrogens is 424 g/mol. The molecule has 1 aromatic rings. The van der Waals surface area contributed by atoms with Crippen LogP contribution in [-0.2, 0) is 19.0 Å². The van der Waals surface area contributed by atoms with Crippen molar-refractivity contribution >= 4 is 5.97 Å². The molecule has 0 amide bonds. The monoisotopic (exact) mass is 460 g/mol. The summed E-state index contributed by atoms with van der Waals surface area (Å²) in [4.78, 5) is 12.8. The van der Waals surface area contributed by atoms with Crippen molar-refractivity contribution in [2.75, 3.05) is 34.7 Å². The second kappa shape index (κ2) is 11.7. The summed E-state index contributed by atoms with van der Waals surface area (Å²) in [5.41, 5.74) is 2.49. The molecule has 1 fully saturated rings. The first-order valence-corrected chi connectivity index (χ1v) is 11.1. The Balaban J connectivity index is 0.00000187. The van der Waals surface area contributed by atoms with Crippen LogP contribution in [0.15, 0.2) is 47.5 Å². The first kappa shape index (κ1) is 26.2. The highest BCUT2D eigenvalue weighted by molar-refractivity contribution is 5.77. The molecule has 0 spiro atoms. The van der Waals surface area contributed by atoms with E-state index in [9.17, 15) is 4.79 Å². The van der Waals surface area contributed by atoms with E-state index in [0.29, 0.717) is 35.4 Å². The minimum atomic E-state index is -0.408. The third kappa shape index (κ3) is 5.46. The predicted molar refractivity (Wildman–Crippen MR) is 126 cm³/mol. The van der Waals surface area contributed by atoms with Crippen molar-refractivity contribution in [3.63, 3.8) is 0 Å². The molecule has 0 radical (unpaired) electrons. The number of allylic oxidation sites excluding steroid dienone is 4. The minimum Gasteiger partial charge on any atom is -0.493 e. The van der Waals surface area contributed by atoms with Gasteiger partial charge in [-0.15, -0.1) is 0 Å². The Labute approximate surface area is 196 Å².